The molecule has 0 bridgehead atoms. The predicted octanol–water partition coefficient (Wildman–Crippen LogP) is 3.08. The number of nitrogens with zero attached hydrogens (tertiary/aromatic N) is 2. The fourth-order valence-corrected chi connectivity index (χ4v) is 2.55. The zero-order valence-corrected chi connectivity index (χ0v) is 16.5. The first-order chi connectivity index (χ1) is 9.72. The number of likely N-dealkylation sites (tertiary alicyclic amines) is 1. The third-order valence-electron chi connectivity index (χ3n) is 3.70. The second-order valence-corrected chi connectivity index (χ2v) is 6.13. The average molecular weight is 410 g/mol. The van der Waals surface area contributed by atoms with E-state index in [-0.39, 0.29) is 24.0 Å². The van der Waals surface area contributed by atoms with Crippen molar-refractivity contribution in [1.82, 2.24) is 15.5 Å². The zero-order chi connectivity index (χ0) is 14.6. The fraction of sp³-hybridized carbons (Fsp3) is 0.938. The molecule has 0 aromatic heterocycles. The largest absolute Gasteiger partial charge is 0.357 e. The average Bonchev–Trinajstić information content (AvgIpc) is 2.92. The van der Waals surface area contributed by atoms with Crippen LogP contribution in [0.15, 0.2) is 4.99 Å². The molecule has 126 valence electrons. The molecule has 1 rings (SSSR count). The summed E-state index contributed by atoms with van der Waals surface area (Å²) in [6.45, 7) is 13.3. The number of guanidine groups is 1. The van der Waals surface area contributed by atoms with Crippen LogP contribution in [0.25, 0.3) is 0 Å². The summed E-state index contributed by atoms with van der Waals surface area (Å²) in [7, 11) is 0. The van der Waals surface area contributed by atoms with E-state index >= 15 is 0 Å². The maximum Gasteiger partial charge on any atom is 0.191 e. The lowest BCUT2D eigenvalue weighted by atomic mass is 10.1. The summed E-state index contributed by atoms with van der Waals surface area (Å²) in [6.07, 6.45) is 6.42. The molecule has 1 saturated heterocycles. The summed E-state index contributed by atoms with van der Waals surface area (Å²) in [5, 5.41) is 6.75. The molecule has 0 aromatic rings. The van der Waals surface area contributed by atoms with Gasteiger partial charge >= 0.3 is 0 Å². The summed E-state index contributed by atoms with van der Waals surface area (Å²) in [5.41, 5.74) is 0. The summed E-state index contributed by atoms with van der Waals surface area (Å²) in [4.78, 5) is 7.21. The maximum absolute atomic E-state index is 4.66. The Morgan fingerprint density at radius 1 is 1.14 bits per heavy atom. The molecule has 0 amide bonds. The van der Waals surface area contributed by atoms with Crippen molar-refractivity contribution in [3.05, 3.63) is 0 Å². The quantitative estimate of drug-likeness (QED) is 0.266. The molecule has 1 aliphatic rings. The van der Waals surface area contributed by atoms with Crippen molar-refractivity contribution < 1.29 is 0 Å². The SMILES string of the molecule is CCNC(=NCCCN1CCCC1)NCCCC(C)C.I. The first-order valence-electron chi connectivity index (χ1n) is 8.47. The maximum atomic E-state index is 4.66. The highest BCUT2D eigenvalue weighted by Crippen LogP contribution is 2.07. The highest BCUT2D eigenvalue weighted by atomic mass is 127. The van der Waals surface area contributed by atoms with E-state index in [1.807, 2.05) is 0 Å². The zero-order valence-electron chi connectivity index (χ0n) is 14.2. The molecule has 21 heavy (non-hydrogen) atoms. The van der Waals surface area contributed by atoms with E-state index in [2.05, 4.69) is 41.3 Å². The number of hydrogen-bond donors (Lipinski definition) is 2. The van der Waals surface area contributed by atoms with Crippen molar-refractivity contribution in [2.75, 3.05) is 39.3 Å². The number of aliphatic imine (C=N–C) groups is 1. The normalized spacial score (nSPS) is 16.1. The minimum atomic E-state index is 0. The molecule has 0 aromatic carbocycles. The topological polar surface area (TPSA) is 39.7 Å². The summed E-state index contributed by atoms with van der Waals surface area (Å²) < 4.78 is 0. The standard InChI is InChI=1S/C16H34N4.HI/c1-4-17-16(18-10-7-9-15(2)3)19-11-8-14-20-12-5-6-13-20;/h15H,4-14H2,1-3H3,(H2,17,18,19);1H. The Bertz CT molecular complexity index is 263. The molecular formula is C16H35IN4. The molecule has 2 N–H and O–H groups in total. The molecule has 0 spiro atoms. The van der Waals surface area contributed by atoms with Gasteiger partial charge in [-0.25, -0.2) is 0 Å². The Balaban J connectivity index is 0.00000400. The Morgan fingerprint density at radius 2 is 1.86 bits per heavy atom. The summed E-state index contributed by atoms with van der Waals surface area (Å²) in [5.74, 6) is 1.77. The molecule has 0 aliphatic carbocycles. The Labute approximate surface area is 148 Å². The van der Waals surface area contributed by atoms with Crippen LogP contribution in [0.4, 0.5) is 0 Å². The van der Waals surface area contributed by atoms with Crippen LogP contribution >= 0.6 is 24.0 Å². The van der Waals surface area contributed by atoms with Gasteiger partial charge in [-0.1, -0.05) is 13.8 Å². The lowest BCUT2D eigenvalue weighted by Gasteiger charge is -2.14. The number of rotatable bonds is 9. The van der Waals surface area contributed by atoms with E-state index in [4.69, 9.17) is 0 Å². The molecule has 0 atom stereocenters. The second-order valence-electron chi connectivity index (χ2n) is 6.13. The fourth-order valence-electron chi connectivity index (χ4n) is 2.55. The van der Waals surface area contributed by atoms with Crippen molar-refractivity contribution in [3.63, 3.8) is 0 Å². The van der Waals surface area contributed by atoms with Crippen LogP contribution in [0, 0.1) is 5.92 Å². The minimum Gasteiger partial charge on any atom is -0.357 e. The third-order valence-corrected chi connectivity index (χ3v) is 3.70. The van der Waals surface area contributed by atoms with Crippen molar-refractivity contribution >= 4 is 29.9 Å². The third kappa shape index (κ3) is 11.2. The van der Waals surface area contributed by atoms with E-state index in [0.29, 0.717) is 0 Å². The monoisotopic (exact) mass is 410 g/mol. The van der Waals surface area contributed by atoms with Gasteiger partial charge in [0, 0.05) is 19.6 Å². The van der Waals surface area contributed by atoms with E-state index < -0.39 is 0 Å². The van der Waals surface area contributed by atoms with E-state index in [1.165, 1.54) is 51.7 Å². The van der Waals surface area contributed by atoms with Gasteiger partial charge in [0.15, 0.2) is 5.96 Å². The van der Waals surface area contributed by atoms with Gasteiger partial charge in [0.1, 0.15) is 0 Å². The molecule has 1 aliphatic heterocycles. The second kappa shape index (κ2) is 13.6. The Morgan fingerprint density at radius 3 is 2.48 bits per heavy atom. The van der Waals surface area contributed by atoms with Crippen LogP contribution in [0.3, 0.4) is 0 Å². The van der Waals surface area contributed by atoms with Crippen molar-refractivity contribution in [2.24, 2.45) is 10.9 Å². The number of hydrogen-bond acceptors (Lipinski definition) is 2. The van der Waals surface area contributed by atoms with Gasteiger partial charge in [0.25, 0.3) is 0 Å². The smallest absolute Gasteiger partial charge is 0.191 e. The highest BCUT2D eigenvalue weighted by Gasteiger charge is 2.09. The van der Waals surface area contributed by atoms with Gasteiger partial charge in [0.2, 0.25) is 0 Å². The molecule has 0 saturated carbocycles. The Hall–Kier alpha value is -0.0400. The van der Waals surface area contributed by atoms with Crippen molar-refractivity contribution in [1.29, 1.82) is 0 Å². The lowest BCUT2D eigenvalue weighted by molar-refractivity contribution is 0.336. The first kappa shape index (κ1) is 21.0. The summed E-state index contributed by atoms with van der Waals surface area (Å²) in [6, 6.07) is 0. The molecule has 0 unspecified atom stereocenters. The molecule has 1 fully saturated rings. The highest BCUT2D eigenvalue weighted by molar-refractivity contribution is 14.0. The van der Waals surface area contributed by atoms with Gasteiger partial charge in [-0.3, -0.25) is 4.99 Å². The molecule has 5 heteroatoms. The van der Waals surface area contributed by atoms with Gasteiger partial charge in [-0.05, 0) is 64.6 Å². The van der Waals surface area contributed by atoms with Crippen molar-refractivity contribution in [3.8, 4) is 0 Å². The molecule has 1 heterocycles. The van der Waals surface area contributed by atoms with Crippen LogP contribution in [-0.4, -0.2) is 50.1 Å². The van der Waals surface area contributed by atoms with Gasteiger partial charge < -0.3 is 15.5 Å². The van der Waals surface area contributed by atoms with E-state index in [0.717, 1.165) is 31.5 Å². The van der Waals surface area contributed by atoms with E-state index in [9.17, 15) is 0 Å². The Kier molecular flexibility index (Phi) is 13.6. The number of nitrogens with one attached hydrogen (secondary N) is 2. The molecule has 4 nitrogen and oxygen atoms in total. The minimum absolute atomic E-state index is 0. The van der Waals surface area contributed by atoms with Crippen LogP contribution in [0.5, 0.6) is 0 Å². The van der Waals surface area contributed by atoms with Crippen LogP contribution in [0.1, 0.15) is 52.9 Å². The lowest BCUT2D eigenvalue weighted by Crippen LogP contribution is -2.38. The van der Waals surface area contributed by atoms with Crippen molar-refractivity contribution in [2.45, 2.75) is 52.9 Å². The van der Waals surface area contributed by atoms with Crippen LogP contribution < -0.4 is 10.6 Å². The van der Waals surface area contributed by atoms with Crippen LogP contribution in [-0.2, 0) is 0 Å². The van der Waals surface area contributed by atoms with Gasteiger partial charge in [0.05, 0.1) is 0 Å². The number of halogens is 1. The molecule has 0 radical (unpaired) electrons. The van der Waals surface area contributed by atoms with Gasteiger partial charge in [-0.2, -0.15) is 0 Å². The molecular weight excluding hydrogens is 375 g/mol. The summed E-state index contributed by atoms with van der Waals surface area (Å²) >= 11 is 0. The van der Waals surface area contributed by atoms with Gasteiger partial charge in [-0.15, -0.1) is 24.0 Å². The van der Waals surface area contributed by atoms with E-state index in [1.54, 1.807) is 0 Å². The van der Waals surface area contributed by atoms with Crippen LogP contribution in [0.2, 0.25) is 0 Å². The predicted molar refractivity (Wildman–Crippen MR) is 104 cm³/mol. The first-order valence-corrected chi connectivity index (χ1v) is 8.47.